The average Bonchev–Trinajstić information content (AvgIpc) is 1.88. The Morgan fingerprint density at radius 3 is 2.40 bits per heavy atom. The van der Waals surface area contributed by atoms with Crippen LogP contribution in [0.3, 0.4) is 0 Å². The van der Waals surface area contributed by atoms with Gasteiger partial charge in [0.1, 0.15) is 0 Å². The number of benzene rings is 1. The first-order chi connectivity index (χ1) is 4.79. The van der Waals surface area contributed by atoms with E-state index in [0.29, 0.717) is 0 Å². The number of nitro groups is 1. The maximum absolute atomic E-state index is 10.0. The molecule has 0 unspecified atom stereocenters. The van der Waals surface area contributed by atoms with Crippen LogP contribution in [-0.2, 0) is 0 Å². The normalized spacial score (nSPS) is 10.4. The van der Waals surface area contributed by atoms with E-state index in [1.807, 2.05) is 18.2 Å². The maximum atomic E-state index is 10.0. The predicted octanol–water partition coefficient (Wildman–Crippen LogP) is 0.208. The molecule has 0 aromatic heterocycles. The molecule has 0 atom stereocenters. The SMILES string of the molecule is O=[N+]([O-])[As]c1ccccc1. The Kier molecular flexibility index (Phi) is 2.46. The van der Waals surface area contributed by atoms with Crippen molar-refractivity contribution in [2.75, 3.05) is 0 Å². The van der Waals surface area contributed by atoms with Gasteiger partial charge in [0.25, 0.3) is 0 Å². The molecule has 0 bridgehead atoms. The van der Waals surface area contributed by atoms with E-state index in [1.165, 1.54) is 0 Å². The van der Waals surface area contributed by atoms with Gasteiger partial charge in [-0.3, -0.25) is 0 Å². The summed E-state index contributed by atoms with van der Waals surface area (Å²) >= 11 is -0.874. The van der Waals surface area contributed by atoms with Gasteiger partial charge < -0.3 is 0 Å². The summed E-state index contributed by atoms with van der Waals surface area (Å²) in [5, 5.41) is 10.0. The van der Waals surface area contributed by atoms with Crippen molar-refractivity contribution in [2.45, 2.75) is 0 Å². The van der Waals surface area contributed by atoms with Gasteiger partial charge in [-0.2, -0.15) is 0 Å². The van der Waals surface area contributed by atoms with Gasteiger partial charge in [0.15, 0.2) is 0 Å². The molecular weight excluding hydrogens is 193 g/mol. The minimum atomic E-state index is -0.874. The van der Waals surface area contributed by atoms with Crippen molar-refractivity contribution < 1.29 is 3.84 Å². The first-order valence-corrected chi connectivity index (χ1v) is 4.48. The minimum absolute atomic E-state index is 0.244. The molecule has 10 heavy (non-hydrogen) atoms. The summed E-state index contributed by atoms with van der Waals surface area (Å²) in [5.41, 5.74) is 0. The van der Waals surface area contributed by atoms with Crippen molar-refractivity contribution in [1.82, 2.24) is 0 Å². The Morgan fingerprint density at radius 2 is 1.90 bits per heavy atom. The first kappa shape index (κ1) is 7.29. The molecule has 0 amide bonds. The summed E-state index contributed by atoms with van der Waals surface area (Å²) in [7, 11) is 0. The summed E-state index contributed by atoms with van der Waals surface area (Å²) < 4.78 is 0.593. The monoisotopic (exact) mass is 198 g/mol. The molecule has 0 aliphatic rings. The zero-order valence-electron chi connectivity index (χ0n) is 5.10. The summed E-state index contributed by atoms with van der Waals surface area (Å²) in [4.78, 5) is 10.0. The third kappa shape index (κ3) is 2.19. The van der Waals surface area contributed by atoms with E-state index in [0.717, 1.165) is 4.35 Å². The fourth-order valence-corrected chi connectivity index (χ4v) is 1.63. The molecule has 0 saturated carbocycles. The molecular formula is C6H5AsNO2. The Bertz CT molecular complexity index is 224. The van der Waals surface area contributed by atoms with E-state index >= 15 is 0 Å². The average molecular weight is 198 g/mol. The van der Waals surface area contributed by atoms with Gasteiger partial charge in [-0.25, -0.2) is 0 Å². The van der Waals surface area contributed by atoms with Crippen molar-refractivity contribution in [3.63, 3.8) is 0 Å². The molecule has 1 aromatic rings. The van der Waals surface area contributed by atoms with Gasteiger partial charge in [-0.1, -0.05) is 0 Å². The molecule has 3 nitrogen and oxygen atoms in total. The molecule has 0 aliphatic carbocycles. The summed E-state index contributed by atoms with van der Waals surface area (Å²) in [6.07, 6.45) is 0. The summed E-state index contributed by atoms with van der Waals surface area (Å²) in [6.45, 7) is 0. The third-order valence-corrected chi connectivity index (χ3v) is 2.41. The van der Waals surface area contributed by atoms with Crippen molar-refractivity contribution in [3.05, 3.63) is 40.4 Å². The zero-order valence-corrected chi connectivity index (χ0v) is 6.97. The molecule has 51 valence electrons. The first-order valence-electron chi connectivity index (χ1n) is 2.70. The van der Waals surface area contributed by atoms with Crippen LogP contribution in [0.2, 0.25) is 0 Å². The van der Waals surface area contributed by atoms with Crippen LogP contribution in [0.5, 0.6) is 0 Å². The van der Waals surface area contributed by atoms with Crippen LogP contribution in [-0.4, -0.2) is 19.8 Å². The second-order valence-electron chi connectivity index (χ2n) is 1.67. The number of rotatable bonds is 2. The topological polar surface area (TPSA) is 43.1 Å². The predicted molar refractivity (Wildman–Crippen MR) is 38.8 cm³/mol. The quantitative estimate of drug-likeness (QED) is 0.387. The van der Waals surface area contributed by atoms with Gasteiger partial charge in [0.05, 0.1) is 0 Å². The molecule has 0 saturated heterocycles. The number of hydrogen-bond donors (Lipinski definition) is 0. The summed E-state index contributed by atoms with van der Waals surface area (Å²) in [6, 6.07) is 9.04. The van der Waals surface area contributed by atoms with Crippen LogP contribution >= 0.6 is 0 Å². The van der Waals surface area contributed by atoms with Crippen molar-refractivity contribution in [1.29, 1.82) is 0 Å². The van der Waals surface area contributed by atoms with Gasteiger partial charge >= 0.3 is 64.6 Å². The van der Waals surface area contributed by atoms with E-state index < -0.39 is 16.0 Å². The van der Waals surface area contributed by atoms with E-state index in [1.54, 1.807) is 12.1 Å². The number of hydrogen-bond acceptors (Lipinski definition) is 2. The van der Waals surface area contributed by atoms with Gasteiger partial charge in [0, 0.05) is 0 Å². The Morgan fingerprint density at radius 1 is 1.30 bits per heavy atom. The van der Waals surface area contributed by atoms with Crippen LogP contribution in [0.25, 0.3) is 0 Å². The van der Waals surface area contributed by atoms with Crippen molar-refractivity contribution >= 4 is 20.3 Å². The van der Waals surface area contributed by atoms with Crippen LogP contribution in [0.1, 0.15) is 0 Å². The molecule has 0 N–H and O–H groups in total. The van der Waals surface area contributed by atoms with Gasteiger partial charge in [-0.05, 0) is 0 Å². The fraction of sp³-hybridized carbons (Fsp3) is 0. The number of nitrogens with zero attached hydrogens (tertiary/aromatic N) is 1. The van der Waals surface area contributed by atoms with E-state index in [2.05, 4.69) is 0 Å². The molecule has 1 rings (SSSR count). The fourth-order valence-electron chi connectivity index (χ4n) is 0.589. The second kappa shape index (κ2) is 3.37. The van der Waals surface area contributed by atoms with E-state index in [4.69, 9.17) is 0 Å². The van der Waals surface area contributed by atoms with Crippen LogP contribution < -0.4 is 4.35 Å². The molecule has 4 heteroatoms. The summed E-state index contributed by atoms with van der Waals surface area (Å²) in [5.74, 6) is 0. The van der Waals surface area contributed by atoms with Gasteiger partial charge in [-0.15, -0.1) is 0 Å². The third-order valence-electron chi connectivity index (χ3n) is 0.953. The zero-order chi connectivity index (χ0) is 7.40. The van der Waals surface area contributed by atoms with Crippen LogP contribution in [0.15, 0.2) is 30.3 Å². The molecule has 1 aromatic carbocycles. The van der Waals surface area contributed by atoms with E-state index in [-0.39, 0.29) is 3.84 Å². The van der Waals surface area contributed by atoms with Gasteiger partial charge in [0.2, 0.25) is 0 Å². The van der Waals surface area contributed by atoms with Crippen LogP contribution in [0, 0.1) is 10.1 Å². The van der Waals surface area contributed by atoms with Crippen molar-refractivity contribution in [3.8, 4) is 0 Å². The molecule has 0 fully saturated rings. The molecule has 1 radical (unpaired) electrons. The van der Waals surface area contributed by atoms with Crippen molar-refractivity contribution in [2.24, 2.45) is 0 Å². The molecule has 0 heterocycles. The standard InChI is InChI=1S/C6H5AsNO2/c9-8(10)7-6-4-2-1-3-5-6/h1-5H. The Balaban J connectivity index is 2.67. The van der Waals surface area contributed by atoms with Crippen LogP contribution in [0.4, 0.5) is 0 Å². The molecule has 0 spiro atoms. The Labute approximate surface area is 65.1 Å². The van der Waals surface area contributed by atoms with E-state index in [9.17, 15) is 10.1 Å². The molecule has 0 aliphatic heterocycles. The second-order valence-corrected chi connectivity index (χ2v) is 3.86. The Hall–Kier alpha value is -0.822.